The third kappa shape index (κ3) is 3.37. The van der Waals surface area contributed by atoms with E-state index in [0.717, 1.165) is 30.5 Å². The number of ether oxygens (including phenoxy) is 1. The Balaban J connectivity index is 1.78. The summed E-state index contributed by atoms with van der Waals surface area (Å²) in [6.07, 6.45) is 2.72. The summed E-state index contributed by atoms with van der Waals surface area (Å²) in [4.78, 5) is 24.2. The molecule has 23 heavy (non-hydrogen) atoms. The van der Waals surface area contributed by atoms with Gasteiger partial charge in [-0.3, -0.25) is 9.59 Å². The minimum absolute atomic E-state index is 0.151. The van der Waals surface area contributed by atoms with E-state index in [1.807, 2.05) is 0 Å². The van der Waals surface area contributed by atoms with Gasteiger partial charge in [0.25, 0.3) is 5.56 Å². The number of amides is 1. The molecule has 0 aliphatic heterocycles. The number of carbonyl (C=O) groups is 1. The highest BCUT2D eigenvalue weighted by Gasteiger charge is 2.16. The Hall–Kier alpha value is -2.34. The van der Waals surface area contributed by atoms with Crippen molar-refractivity contribution in [3.8, 4) is 5.75 Å². The molecule has 3 rings (SSSR count). The van der Waals surface area contributed by atoms with Gasteiger partial charge in [0.05, 0.1) is 18.5 Å². The van der Waals surface area contributed by atoms with Crippen LogP contribution in [0.3, 0.4) is 0 Å². The number of hydrogen-bond donors (Lipinski definition) is 1. The van der Waals surface area contributed by atoms with Gasteiger partial charge in [0.2, 0.25) is 5.91 Å². The summed E-state index contributed by atoms with van der Waals surface area (Å²) in [6, 6.07) is 6.50. The lowest BCUT2D eigenvalue weighted by Crippen LogP contribution is -2.30. The van der Waals surface area contributed by atoms with Gasteiger partial charge in [0, 0.05) is 11.1 Å². The molecule has 1 aromatic heterocycles. The summed E-state index contributed by atoms with van der Waals surface area (Å²) in [5.41, 5.74) is 2.08. The Morgan fingerprint density at radius 2 is 2.22 bits per heavy atom. The van der Waals surface area contributed by atoms with E-state index in [4.69, 9.17) is 16.3 Å². The molecule has 1 heterocycles. The van der Waals surface area contributed by atoms with Crippen molar-refractivity contribution < 1.29 is 9.53 Å². The topological polar surface area (TPSA) is 73.2 Å². The molecule has 1 N–H and O–H groups in total. The van der Waals surface area contributed by atoms with Gasteiger partial charge in [-0.25, -0.2) is 4.68 Å². The van der Waals surface area contributed by atoms with Crippen LogP contribution in [0.2, 0.25) is 5.02 Å². The maximum absolute atomic E-state index is 12.2. The lowest BCUT2D eigenvalue weighted by molar-refractivity contribution is -0.117. The van der Waals surface area contributed by atoms with Gasteiger partial charge < -0.3 is 10.1 Å². The van der Waals surface area contributed by atoms with E-state index in [1.165, 1.54) is 11.8 Å². The minimum Gasteiger partial charge on any atom is -0.495 e. The van der Waals surface area contributed by atoms with Crippen molar-refractivity contribution in [3.63, 3.8) is 0 Å². The van der Waals surface area contributed by atoms with E-state index < -0.39 is 0 Å². The second-order valence-electron chi connectivity index (χ2n) is 5.36. The van der Waals surface area contributed by atoms with Gasteiger partial charge in [-0.1, -0.05) is 11.6 Å². The maximum atomic E-state index is 12.2. The highest BCUT2D eigenvalue weighted by atomic mass is 35.5. The SMILES string of the molecule is COc1ccc(Cl)cc1NC(=O)Cn1nc2c(cc1=O)CCC2. The van der Waals surface area contributed by atoms with Crippen molar-refractivity contribution in [1.29, 1.82) is 0 Å². The molecule has 0 unspecified atom stereocenters. The van der Waals surface area contributed by atoms with Crippen LogP contribution in [-0.2, 0) is 24.2 Å². The molecule has 6 nitrogen and oxygen atoms in total. The molecule has 0 spiro atoms. The average molecular weight is 334 g/mol. The molecule has 2 aromatic rings. The number of methoxy groups -OCH3 is 1. The van der Waals surface area contributed by atoms with E-state index in [2.05, 4.69) is 10.4 Å². The number of carbonyl (C=O) groups excluding carboxylic acids is 1. The van der Waals surface area contributed by atoms with Crippen molar-refractivity contribution in [2.24, 2.45) is 0 Å². The molecule has 120 valence electrons. The molecule has 0 bridgehead atoms. The van der Waals surface area contributed by atoms with E-state index in [1.54, 1.807) is 24.3 Å². The Labute approximate surface area is 138 Å². The molecule has 7 heteroatoms. The molecule has 0 saturated carbocycles. The first-order valence-corrected chi connectivity index (χ1v) is 7.68. The zero-order chi connectivity index (χ0) is 16.4. The molecule has 1 aliphatic rings. The lowest BCUT2D eigenvalue weighted by atomic mass is 10.2. The van der Waals surface area contributed by atoms with Crippen molar-refractivity contribution in [2.45, 2.75) is 25.8 Å². The minimum atomic E-state index is -0.363. The van der Waals surface area contributed by atoms with Gasteiger partial charge in [0.1, 0.15) is 12.3 Å². The van der Waals surface area contributed by atoms with Crippen molar-refractivity contribution in [3.05, 3.63) is 50.9 Å². The van der Waals surface area contributed by atoms with Crippen LogP contribution >= 0.6 is 11.6 Å². The summed E-state index contributed by atoms with van der Waals surface area (Å²) in [6.45, 7) is -0.151. The molecular formula is C16H16ClN3O3. The largest absolute Gasteiger partial charge is 0.495 e. The van der Waals surface area contributed by atoms with Crippen LogP contribution in [-0.4, -0.2) is 22.8 Å². The van der Waals surface area contributed by atoms with Crippen LogP contribution in [0.4, 0.5) is 5.69 Å². The highest BCUT2D eigenvalue weighted by Crippen LogP contribution is 2.27. The smallest absolute Gasteiger partial charge is 0.267 e. The summed E-state index contributed by atoms with van der Waals surface area (Å²) in [5.74, 6) is 0.134. The molecule has 0 radical (unpaired) electrons. The van der Waals surface area contributed by atoms with E-state index in [0.29, 0.717) is 16.5 Å². The average Bonchev–Trinajstić information content (AvgIpc) is 2.95. The number of nitrogens with zero attached hydrogens (tertiary/aromatic N) is 2. The van der Waals surface area contributed by atoms with Crippen LogP contribution in [0, 0.1) is 0 Å². The molecule has 0 saturated heterocycles. The predicted octanol–water partition coefficient (Wildman–Crippen LogP) is 2.03. The molecule has 0 fully saturated rings. The van der Waals surface area contributed by atoms with E-state index in [9.17, 15) is 9.59 Å². The fraction of sp³-hybridized carbons (Fsp3) is 0.312. The standard InChI is InChI=1S/C16H16ClN3O3/c1-23-14-6-5-11(17)8-13(14)18-15(21)9-20-16(22)7-10-3-2-4-12(10)19-20/h5-8H,2-4,9H2,1H3,(H,18,21). The summed E-state index contributed by atoms with van der Waals surface area (Å²) in [7, 11) is 1.51. The van der Waals surface area contributed by atoms with E-state index >= 15 is 0 Å². The normalized spacial score (nSPS) is 12.8. The Morgan fingerprint density at radius 1 is 1.39 bits per heavy atom. The number of anilines is 1. The molecule has 1 amide bonds. The third-order valence-corrected chi connectivity index (χ3v) is 3.99. The van der Waals surface area contributed by atoms with Gasteiger partial charge in [-0.2, -0.15) is 5.10 Å². The Kier molecular flexibility index (Phi) is 4.34. The highest BCUT2D eigenvalue weighted by molar-refractivity contribution is 6.31. The van der Waals surface area contributed by atoms with Gasteiger partial charge in [-0.05, 0) is 43.0 Å². The molecular weight excluding hydrogens is 318 g/mol. The first kappa shape index (κ1) is 15.6. The number of aromatic nitrogens is 2. The number of fused-ring (bicyclic) bond motifs is 1. The first-order chi connectivity index (χ1) is 11.1. The quantitative estimate of drug-likeness (QED) is 0.929. The van der Waals surface area contributed by atoms with Crippen LogP contribution in [0.25, 0.3) is 0 Å². The van der Waals surface area contributed by atoms with Crippen molar-refractivity contribution >= 4 is 23.2 Å². The number of benzene rings is 1. The van der Waals surface area contributed by atoms with Gasteiger partial charge in [0.15, 0.2) is 0 Å². The molecule has 1 aromatic carbocycles. The number of halogens is 1. The molecule has 0 atom stereocenters. The van der Waals surface area contributed by atoms with E-state index in [-0.39, 0.29) is 18.0 Å². The molecule has 1 aliphatic carbocycles. The summed E-state index contributed by atoms with van der Waals surface area (Å²) < 4.78 is 6.37. The van der Waals surface area contributed by atoms with Crippen LogP contribution in [0.5, 0.6) is 5.75 Å². The number of hydrogen-bond acceptors (Lipinski definition) is 4. The van der Waals surface area contributed by atoms with Crippen LogP contribution < -0.4 is 15.6 Å². The van der Waals surface area contributed by atoms with Crippen LogP contribution in [0.1, 0.15) is 17.7 Å². The van der Waals surface area contributed by atoms with Gasteiger partial charge >= 0.3 is 0 Å². The van der Waals surface area contributed by atoms with Crippen molar-refractivity contribution in [2.75, 3.05) is 12.4 Å². The third-order valence-electron chi connectivity index (χ3n) is 3.75. The fourth-order valence-electron chi connectivity index (χ4n) is 2.66. The number of aryl methyl sites for hydroxylation is 2. The zero-order valence-corrected chi connectivity index (χ0v) is 13.4. The first-order valence-electron chi connectivity index (χ1n) is 7.30. The summed E-state index contributed by atoms with van der Waals surface area (Å²) in [5, 5.41) is 7.46. The van der Waals surface area contributed by atoms with Crippen molar-refractivity contribution in [1.82, 2.24) is 9.78 Å². The zero-order valence-electron chi connectivity index (χ0n) is 12.6. The fourth-order valence-corrected chi connectivity index (χ4v) is 2.83. The Bertz CT molecular complexity index is 817. The summed E-state index contributed by atoms with van der Waals surface area (Å²) >= 11 is 5.93. The Morgan fingerprint density at radius 3 is 3.00 bits per heavy atom. The van der Waals surface area contributed by atoms with Crippen LogP contribution in [0.15, 0.2) is 29.1 Å². The predicted molar refractivity (Wildman–Crippen MR) is 87.2 cm³/mol. The maximum Gasteiger partial charge on any atom is 0.267 e. The number of nitrogens with one attached hydrogen (secondary N) is 1. The lowest BCUT2D eigenvalue weighted by Gasteiger charge is -2.11. The second kappa shape index (κ2) is 6.42. The van der Waals surface area contributed by atoms with Gasteiger partial charge in [-0.15, -0.1) is 0 Å². The monoisotopic (exact) mass is 333 g/mol. The number of rotatable bonds is 4. The second-order valence-corrected chi connectivity index (χ2v) is 5.79.